The Morgan fingerprint density at radius 3 is 2.55 bits per heavy atom. The summed E-state index contributed by atoms with van der Waals surface area (Å²) in [6.07, 6.45) is 0.0420. The lowest BCUT2D eigenvalue weighted by Crippen LogP contribution is -2.39. The van der Waals surface area contributed by atoms with Gasteiger partial charge in [-0.2, -0.15) is 18.3 Å². The standard InChI is InChI=1S/C19H14ClF3N4O2/c20-13-2-8-18(24-9-13)29-15-5-3-14(4-6-15)28-11-17-26-25-16-7-1-12(10-27(16)17)19(21,22)23/h1-10,16,25H,11H2. The number of aromatic nitrogens is 1. The van der Waals surface area contributed by atoms with Crippen LogP contribution in [0.15, 0.2) is 71.6 Å². The Morgan fingerprint density at radius 1 is 1.10 bits per heavy atom. The fourth-order valence-electron chi connectivity index (χ4n) is 2.67. The van der Waals surface area contributed by atoms with Crippen molar-refractivity contribution in [3.8, 4) is 17.4 Å². The summed E-state index contributed by atoms with van der Waals surface area (Å²) < 4.78 is 50.0. The molecule has 0 radical (unpaired) electrons. The molecule has 1 unspecified atom stereocenters. The largest absolute Gasteiger partial charge is 0.486 e. The highest BCUT2D eigenvalue weighted by atomic mass is 35.5. The van der Waals surface area contributed by atoms with E-state index >= 15 is 0 Å². The average Bonchev–Trinajstić information content (AvgIpc) is 3.11. The number of nitrogens with one attached hydrogen (secondary N) is 1. The van der Waals surface area contributed by atoms with Gasteiger partial charge in [-0.05, 0) is 42.5 Å². The third-order valence-electron chi connectivity index (χ3n) is 4.10. The first-order valence-corrected chi connectivity index (χ1v) is 8.86. The van der Waals surface area contributed by atoms with E-state index in [2.05, 4.69) is 15.5 Å². The normalized spacial score (nSPS) is 17.9. The van der Waals surface area contributed by atoms with E-state index in [9.17, 15) is 13.2 Å². The fourth-order valence-corrected chi connectivity index (χ4v) is 2.78. The van der Waals surface area contributed by atoms with Crippen molar-refractivity contribution in [2.45, 2.75) is 12.3 Å². The zero-order valence-corrected chi connectivity index (χ0v) is 15.5. The quantitative estimate of drug-likeness (QED) is 0.770. The van der Waals surface area contributed by atoms with Crippen molar-refractivity contribution in [2.24, 2.45) is 5.10 Å². The van der Waals surface area contributed by atoms with Crippen LogP contribution >= 0.6 is 11.6 Å². The van der Waals surface area contributed by atoms with E-state index in [1.165, 1.54) is 17.2 Å². The first kappa shape index (κ1) is 19.1. The van der Waals surface area contributed by atoms with Crippen molar-refractivity contribution >= 4 is 17.4 Å². The van der Waals surface area contributed by atoms with E-state index in [0.717, 1.165) is 12.3 Å². The molecule has 1 N–H and O–H groups in total. The molecule has 150 valence electrons. The summed E-state index contributed by atoms with van der Waals surface area (Å²) in [4.78, 5) is 5.44. The number of hydrogen-bond acceptors (Lipinski definition) is 6. The minimum absolute atomic E-state index is 0.00206. The van der Waals surface area contributed by atoms with E-state index in [-0.39, 0.29) is 6.61 Å². The van der Waals surface area contributed by atoms with E-state index in [0.29, 0.717) is 28.2 Å². The molecule has 0 aliphatic carbocycles. The van der Waals surface area contributed by atoms with Crippen LogP contribution in [0.2, 0.25) is 5.02 Å². The first-order chi connectivity index (χ1) is 13.9. The molecule has 0 amide bonds. The Kier molecular flexibility index (Phi) is 5.06. The number of rotatable bonds is 5. The summed E-state index contributed by atoms with van der Waals surface area (Å²) in [5, 5.41) is 4.56. The van der Waals surface area contributed by atoms with Crippen LogP contribution in [0.5, 0.6) is 17.4 Å². The molecule has 4 rings (SSSR count). The molecule has 6 nitrogen and oxygen atoms in total. The number of allylic oxidation sites excluding steroid dienone is 2. The summed E-state index contributed by atoms with van der Waals surface area (Å²) in [6.45, 7) is -0.00206. The number of fused-ring (bicyclic) bond motifs is 1. The molecule has 0 saturated heterocycles. The number of hydrazone groups is 1. The van der Waals surface area contributed by atoms with Crippen molar-refractivity contribution in [3.05, 3.63) is 71.5 Å². The summed E-state index contributed by atoms with van der Waals surface area (Å²) in [6, 6.07) is 10.0. The van der Waals surface area contributed by atoms with Gasteiger partial charge in [-0.25, -0.2) is 4.98 Å². The number of nitrogens with zero attached hydrogens (tertiary/aromatic N) is 3. The third-order valence-corrected chi connectivity index (χ3v) is 4.33. The van der Waals surface area contributed by atoms with Gasteiger partial charge in [-0.15, -0.1) is 0 Å². The van der Waals surface area contributed by atoms with Gasteiger partial charge in [0.25, 0.3) is 0 Å². The third kappa shape index (κ3) is 4.45. The highest BCUT2D eigenvalue weighted by Gasteiger charge is 2.37. The molecule has 2 aliphatic heterocycles. The van der Waals surface area contributed by atoms with Crippen LogP contribution in [-0.2, 0) is 0 Å². The molecule has 1 aromatic carbocycles. The van der Waals surface area contributed by atoms with Gasteiger partial charge in [0.2, 0.25) is 5.88 Å². The summed E-state index contributed by atoms with van der Waals surface area (Å²) >= 11 is 5.78. The Hall–Kier alpha value is -3.20. The second-order valence-electron chi connectivity index (χ2n) is 6.13. The second-order valence-corrected chi connectivity index (χ2v) is 6.56. The van der Waals surface area contributed by atoms with E-state index in [1.54, 1.807) is 36.4 Å². The second kappa shape index (κ2) is 7.67. The minimum atomic E-state index is -4.43. The van der Waals surface area contributed by atoms with Crippen LogP contribution in [0.4, 0.5) is 13.2 Å². The lowest BCUT2D eigenvalue weighted by Gasteiger charge is -2.26. The van der Waals surface area contributed by atoms with Gasteiger partial charge in [-0.1, -0.05) is 11.6 Å². The minimum Gasteiger partial charge on any atom is -0.486 e. The topological polar surface area (TPSA) is 59.0 Å². The van der Waals surface area contributed by atoms with Crippen LogP contribution < -0.4 is 14.9 Å². The maximum Gasteiger partial charge on any atom is 0.417 e. The molecule has 0 bridgehead atoms. The maximum atomic E-state index is 12.9. The Morgan fingerprint density at radius 2 is 1.86 bits per heavy atom. The molecule has 3 heterocycles. The predicted octanol–water partition coefficient (Wildman–Crippen LogP) is 4.47. The predicted molar refractivity (Wildman–Crippen MR) is 101 cm³/mol. The molecular formula is C19H14ClF3N4O2. The molecule has 1 aromatic heterocycles. The number of benzene rings is 1. The fraction of sp³-hybridized carbons (Fsp3) is 0.158. The Balaban J connectivity index is 1.36. The molecule has 0 saturated carbocycles. The van der Waals surface area contributed by atoms with Crippen LogP contribution in [0.1, 0.15) is 0 Å². The summed E-state index contributed by atoms with van der Waals surface area (Å²) in [5.41, 5.74) is 2.01. The molecule has 1 atom stereocenters. The molecule has 2 aromatic rings. The molecule has 2 aliphatic rings. The van der Waals surface area contributed by atoms with Gasteiger partial charge >= 0.3 is 6.18 Å². The molecule has 0 fully saturated rings. The number of amidine groups is 1. The van der Waals surface area contributed by atoms with Crippen molar-refractivity contribution in [3.63, 3.8) is 0 Å². The highest BCUT2D eigenvalue weighted by molar-refractivity contribution is 6.30. The number of ether oxygens (including phenoxy) is 2. The van der Waals surface area contributed by atoms with Gasteiger partial charge in [0.1, 0.15) is 24.3 Å². The van der Waals surface area contributed by atoms with E-state index in [4.69, 9.17) is 21.1 Å². The zero-order valence-electron chi connectivity index (χ0n) is 14.7. The lowest BCUT2D eigenvalue weighted by molar-refractivity contribution is -0.0894. The molecule has 29 heavy (non-hydrogen) atoms. The van der Waals surface area contributed by atoms with Crippen molar-refractivity contribution < 1.29 is 22.6 Å². The SMILES string of the molecule is FC(F)(F)C1=CN2C(COc3ccc(Oc4ccc(Cl)cn4)cc3)=NNC2C=C1. The lowest BCUT2D eigenvalue weighted by atomic mass is 10.1. The monoisotopic (exact) mass is 422 g/mol. The summed E-state index contributed by atoms with van der Waals surface area (Å²) in [7, 11) is 0. The average molecular weight is 423 g/mol. The van der Waals surface area contributed by atoms with Gasteiger partial charge in [0, 0.05) is 18.5 Å². The Bertz CT molecular complexity index is 972. The van der Waals surface area contributed by atoms with E-state index < -0.39 is 17.9 Å². The maximum absolute atomic E-state index is 12.9. The van der Waals surface area contributed by atoms with Crippen LogP contribution in [-0.4, -0.2) is 34.7 Å². The van der Waals surface area contributed by atoms with Gasteiger partial charge < -0.3 is 14.4 Å². The van der Waals surface area contributed by atoms with Crippen LogP contribution in [0.3, 0.4) is 0 Å². The molecule has 0 spiro atoms. The van der Waals surface area contributed by atoms with Gasteiger partial charge in [0.05, 0.1) is 10.6 Å². The van der Waals surface area contributed by atoms with Crippen molar-refractivity contribution in [2.75, 3.05) is 6.61 Å². The molecular weight excluding hydrogens is 409 g/mol. The van der Waals surface area contributed by atoms with E-state index in [1.807, 2.05) is 0 Å². The summed E-state index contributed by atoms with van der Waals surface area (Å²) in [5.74, 6) is 1.80. The number of pyridine rings is 1. The van der Waals surface area contributed by atoms with Crippen molar-refractivity contribution in [1.82, 2.24) is 15.3 Å². The number of halogens is 4. The smallest absolute Gasteiger partial charge is 0.417 e. The van der Waals surface area contributed by atoms with Crippen LogP contribution in [0.25, 0.3) is 0 Å². The van der Waals surface area contributed by atoms with Gasteiger partial charge in [0.15, 0.2) is 5.84 Å². The number of hydrogen-bond donors (Lipinski definition) is 1. The highest BCUT2D eigenvalue weighted by Crippen LogP contribution is 2.31. The van der Waals surface area contributed by atoms with Gasteiger partial charge in [-0.3, -0.25) is 5.43 Å². The zero-order chi connectivity index (χ0) is 20.4. The van der Waals surface area contributed by atoms with Crippen LogP contribution in [0, 0.1) is 0 Å². The Labute approximate surface area is 168 Å². The number of alkyl halides is 3. The molecule has 10 heteroatoms. The first-order valence-electron chi connectivity index (χ1n) is 8.48. The van der Waals surface area contributed by atoms with Crippen molar-refractivity contribution in [1.29, 1.82) is 0 Å².